The first-order valence-corrected chi connectivity index (χ1v) is 11.3. The van der Waals surface area contributed by atoms with Crippen LogP contribution in [0.1, 0.15) is 45.9 Å². The van der Waals surface area contributed by atoms with Crippen molar-refractivity contribution < 1.29 is 27.1 Å². The summed E-state index contributed by atoms with van der Waals surface area (Å²) in [7, 11) is -3.82. The molecule has 0 heterocycles. The van der Waals surface area contributed by atoms with Gasteiger partial charge in [0, 0.05) is 19.5 Å². The number of aliphatic hydroxyl groups excluding tert-OH is 1. The summed E-state index contributed by atoms with van der Waals surface area (Å²) in [6.07, 6.45) is -1.37. The van der Waals surface area contributed by atoms with E-state index in [1.807, 2.05) is 20.8 Å². The number of aliphatic hydroxyl groups is 1. The monoisotopic (exact) mass is 454 g/mol. The van der Waals surface area contributed by atoms with Gasteiger partial charge >= 0.3 is 0 Å². The van der Waals surface area contributed by atoms with Crippen molar-refractivity contribution >= 4 is 15.9 Å². The van der Waals surface area contributed by atoms with Crippen molar-refractivity contribution in [1.82, 2.24) is 10.0 Å². The molecule has 0 saturated heterocycles. The van der Waals surface area contributed by atoms with Crippen molar-refractivity contribution in [2.24, 2.45) is 0 Å². The number of carbonyl (C=O) groups is 1. The first-order chi connectivity index (χ1) is 14.4. The zero-order valence-electron chi connectivity index (χ0n) is 18.3. The number of hydrogen-bond acceptors (Lipinski definition) is 4. The molecule has 170 valence electrons. The predicted octanol–water partition coefficient (Wildman–Crippen LogP) is 3.03. The molecule has 0 aliphatic rings. The second-order valence-electron chi connectivity index (χ2n) is 7.60. The van der Waals surface area contributed by atoms with Crippen molar-refractivity contribution in [2.45, 2.75) is 52.0 Å². The molecule has 0 radical (unpaired) electrons. The molecule has 0 bridgehead atoms. The Balaban J connectivity index is 1.95. The Labute approximate surface area is 181 Å². The van der Waals surface area contributed by atoms with Crippen molar-refractivity contribution in [1.29, 1.82) is 0 Å². The van der Waals surface area contributed by atoms with E-state index < -0.39 is 33.7 Å². The lowest BCUT2D eigenvalue weighted by atomic mass is 9.95. The molecule has 9 heteroatoms. The fourth-order valence-electron chi connectivity index (χ4n) is 3.38. The normalized spacial score (nSPS) is 12.6. The molecule has 0 saturated carbocycles. The number of sulfonamides is 1. The minimum Gasteiger partial charge on any atom is -0.387 e. The molecule has 3 N–H and O–H groups in total. The van der Waals surface area contributed by atoms with Crippen LogP contribution in [-0.2, 0) is 14.8 Å². The molecule has 1 unspecified atom stereocenters. The zero-order valence-corrected chi connectivity index (χ0v) is 19.1. The Morgan fingerprint density at radius 2 is 1.52 bits per heavy atom. The maximum absolute atomic E-state index is 13.2. The number of amides is 1. The Kier molecular flexibility index (Phi) is 7.91. The predicted molar refractivity (Wildman–Crippen MR) is 114 cm³/mol. The molecule has 0 aliphatic heterocycles. The lowest BCUT2D eigenvalue weighted by Crippen LogP contribution is -2.33. The van der Waals surface area contributed by atoms with Gasteiger partial charge in [-0.05, 0) is 80.1 Å². The molecule has 0 fully saturated rings. The Morgan fingerprint density at radius 3 is 2.06 bits per heavy atom. The van der Waals surface area contributed by atoms with Crippen LogP contribution in [0.15, 0.2) is 23.1 Å². The quantitative estimate of drug-likeness (QED) is 0.571. The summed E-state index contributed by atoms with van der Waals surface area (Å²) in [5.74, 6) is -2.62. The van der Waals surface area contributed by atoms with Crippen LogP contribution >= 0.6 is 0 Å². The summed E-state index contributed by atoms with van der Waals surface area (Å²) in [6.45, 7) is 8.88. The molecule has 2 aromatic carbocycles. The zero-order chi connectivity index (χ0) is 23.5. The van der Waals surface area contributed by atoms with E-state index in [1.54, 1.807) is 13.8 Å². The van der Waals surface area contributed by atoms with E-state index >= 15 is 0 Å². The third-order valence-corrected chi connectivity index (χ3v) is 7.40. The summed E-state index contributed by atoms with van der Waals surface area (Å²) in [5.41, 5.74) is 4.34. The van der Waals surface area contributed by atoms with Gasteiger partial charge in [0.1, 0.15) is 0 Å². The molecular formula is C22H28F2N2O4S. The number of carbonyl (C=O) groups excluding carboxylic acids is 1. The number of hydrogen-bond donors (Lipinski definition) is 3. The second kappa shape index (κ2) is 9.84. The van der Waals surface area contributed by atoms with Gasteiger partial charge in [-0.25, -0.2) is 21.9 Å². The summed E-state index contributed by atoms with van der Waals surface area (Å²) in [6, 6.07) is 2.97. The molecule has 0 aliphatic carbocycles. The van der Waals surface area contributed by atoms with E-state index in [9.17, 15) is 27.1 Å². The van der Waals surface area contributed by atoms with E-state index in [0.717, 1.165) is 28.8 Å². The topological polar surface area (TPSA) is 95.5 Å². The van der Waals surface area contributed by atoms with E-state index in [4.69, 9.17) is 0 Å². The summed E-state index contributed by atoms with van der Waals surface area (Å²) in [4.78, 5) is 12.2. The number of benzene rings is 2. The number of nitrogens with one attached hydrogen (secondary N) is 2. The molecule has 0 spiro atoms. The molecule has 31 heavy (non-hydrogen) atoms. The molecule has 2 rings (SSSR count). The minimum absolute atomic E-state index is 0.121. The lowest BCUT2D eigenvalue weighted by Gasteiger charge is -2.19. The largest absolute Gasteiger partial charge is 0.387 e. The number of rotatable bonds is 8. The Hall–Kier alpha value is -2.36. The number of halogens is 2. The first-order valence-electron chi connectivity index (χ1n) is 9.83. The lowest BCUT2D eigenvalue weighted by molar-refractivity contribution is -0.121. The van der Waals surface area contributed by atoms with Gasteiger partial charge in [0.15, 0.2) is 11.6 Å². The van der Waals surface area contributed by atoms with Gasteiger partial charge in [0.2, 0.25) is 15.9 Å². The van der Waals surface area contributed by atoms with Gasteiger partial charge in [-0.3, -0.25) is 4.79 Å². The van der Waals surface area contributed by atoms with Crippen molar-refractivity contribution in [3.05, 3.63) is 63.2 Å². The SMILES string of the molecule is Cc1c(C)c(C)c(S(=O)(=O)NCCC(=O)NCC(O)c2ccc(F)c(F)c2)c(C)c1C. The molecule has 2 aromatic rings. The Bertz CT molecular complexity index is 1070. The summed E-state index contributed by atoms with van der Waals surface area (Å²) < 4.78 is 54.3. The molecule has 1 atom stereocenters. The second-order valence-corrected chi connectivity index (χ2v) is 9.30. The van der Waals surface area contributed by atoms with Gasteiger partial charge in [0.25, 0.3) is 0 Å². The third kappa shape index (κ3) is 5.66. The Morgan fingerprint density at radius 1 is 0.968 bits per heavy atom. The maximum atomic E-state index is 13.2. The van der Waals surface area contributed by atoms with Crippen LogP contribution in [0.2, 0.25) is 0 Å². The average molecular weight is 455 g/mol. The minimum atomic E-state index is -3.82. The third-order valence-electron chi connectivity index (χ3n) is 5.67. The molecular weight excluding hydrogens is 426 g/mol. The van der Waals surface area contributed by atoms with Gasteiger partial charge in [0.05, 0.1) is 11.0 Å². The average Bonchev–Trinajstić information content (AvgIpc) is 2.70. The fraction of sp³-hybridized carbons (Fsp3) is 0.409. The molecule has 6 nitrogen and oxygen atoms in total. The van der Waals surface area contributed by atoms with Crippen molar-refractivity contribution in [2.75, 3.05) is 13.1 Å². The van der Waals surface area contributed by atoms with Crippen LogP contribution < -0.4 is 10.0 Å². The van der Waals surface area contributed by atoms with Gasteiger partial charge in [-0.2, -0.15) is 0 Å². The highest BCUT2D eigenvalue weighted by Crippen LogP contribution is 2.29. The van der Waals surface area contributed by atoms with Crippen molar-refractivity contribution in [3.8, 4) is 0 Å². The van der Waals surface area contributed by atoms with E-state index in [2.05, 4.69) is 10.0 Å². The summed E-state index contributed by atoms with van der Waals surface area (Å²) in [5, 5.41) is 12.5. The van der Waals surface area contributed by atoms with Gasteiger partial charge in [-0.15, -0.1) is 0 Å². The summed E-state index contributed by atoms with van der Waals surface area (Å²) >= 11 is 0. The van der Waals surface area contributed by atoms with Crippen LogP contribution in [0, 0.1) is 46.3 Å². The van der Waals surface area contributed by atoms with Crippen LogP contribution in [0.4, 0.5) is 8.78 Å². The van der Waals surface area contributed by atoms with Crippen LogP contribution in [-0.4, -0.2) is 32.5 Å². The maximum Gasteiger partial charge on any atom is 0.241 e. The van der Waals surface area contributed by atoms with Gasteiger partial charge in [-0.1, -0.05) is 6.07 Å². The van der Waals surface area contributed by atoms with Crippen molar-refractivity contribution in [3.63, 3.8) is 0 Å². The highest BCUT2D eigenvalue weighted by molar-refractivity contribution is 7.89. The van der Waals surface area contributed by atoms with E-state index in [1.165, 1.54) is 6.07 Å². The van der Waals surface area contributed by atoms with Crippen LogP contribution in [0.25, 0.3) is 0 Å². The van der Waals surface area contributed by atoms with E-state index in [0.29, 0.717) is 11.1 Å². The van der Waals surface area contributed by atoms with Gasteiger partial charge < -0.3 is 10.4 Å². The van der Waals surface area contributed by atoms with Crippen LogP contribution in [0.3, 0.4) is 0 Å². The first kappa shape index (κ1) is 24.9. The highest BCUT2D eigenvalue weighted by Gasteiger charge is 2.23. The molecule has 1 amide bonds. The highest BCUT2D eigenvalue weighted by atomic mass is 32.2. The fourth-order valence-corrected chi connectivity index (χ4v) is 5.00. The smallest absolute Gasteiger partial charge is 0.241 e. The molecule has 0 aromatic heterocycles. The standard InChI is InChI=1S/C22H28F2N2O4S/c1-12-13(2)15(4)22(16(5)14(12)3)31(29,30)26-9-8-21(28)25-11-20(27)17-6-7-18(23)19(24)10-17/h6-7,10,20,26-27H,8-9,11H2,1-5H3,(H,25,28). The van der Waals surface area contributed by atoms with Crippen LogP contribution in [0.5, 0.6) is 0 Å². The van der Waals surface area contributed by atoms with E-state index in [-0.39, 0.29) is 30.0 Å².